The van der Waals surface area contributed by atoms with E-state index in [4.69, 9.17) is 0 Å². The third kappa shape index (κ3) is 2.10. The average molecular weight is 259 g/mol. The number of hydrazine groups is 1. The van der Waals surface area contributed by atoms with Gasteiger partial charge in [0.1, 0.15) is 12.5 Å². The van der Waals surface area contributed by atoms with E-state index >= 15 is 0 Å². The van der Waals surface area contributed by atoms with Crippen LogP contribution in [0.2, 0.25) is 0 Å². The lowest BCUT2D eigenvalue weighted by Crippen LogP contribution is -2.65. The number of aryl methyl sites for hydroxylation is 1. The maximum Gasteiger partial charge on any atom is 0.253 e. The lowest BCUT2D eigenvalue weighted by Gasteiger charge is -2.31. The van der Waals surface area contributed by atoms with Crippen LogP contribution in [0.3, 0.4) is 0 Å². The van der Waals surface area contributed by atoms with E-state index in [9.17, 15) is 4.79 Å². The number of amides is 1. The molecular formula is C13H17N5O. The Labute approximate surface area is 111 Å². The van der Waals surface area contributed by atoms with E-state index in [-0.39, 0.29) is 18.4 Å². The fourth-order valence-electron chi connectivity index (χ4n) is 2.33. The molecule has 3 rings (SSSR count). The molecule has 0 saturated carbocycles. The molecule has 2 aliphatic rings. The first-order valence-electron chi connectivity index (χ1n) is 6.26. The summed E-state index contributed by atoms with van der Waals surface area (Å²) in [5.74, 6) is -0.0633. The first-order chi connectivity index (χ1) is 9.19. The van der Waals surface area contributed by atoms with Gasteiger partial charge < -0.3 is 5.32 Å². The Morgan fingerprint density at radius 1 is 1.32 bits per heavy atom. The van der Waals surface area contributed by atoms with Gasteiger partial charge in [-0.15, -0.1) is 0 Å². The summed E-state index contributed by atoms with van der Waals surface area (Å²) < 4.78 is 0. The summed E-state index contributed by atoms with van der Waals surface area (Å²) in [6, 6.07) is 8.04. The molecule has 4 N–H and O–H groups in total. The zero-order chi connectivity index (χ0) is 13.4. The van der Waals surface area contributed by atoms with Crippen molar-refractivity contribution in [2.45, 2.75) is 19.4 Å². The highest BCUT2D eigenvalue weighted by Crippen LogP contribution is 2.24. The lowest BCUT2D eigenvalue weighted by atomic mass is 10.2. The standard InChI is InChI=1S/C13H17N5O/c1-8-5-3-4-6-10(8)18-7-9-11(17-18)15-13(14-2)16-12(9)19/h3-7,11,13-15,17H,1-2H3,(H,16,19). The fourth-order valence-corrected chi connectivity index (χ4v) is 2.33. The quantitative estimate of drug-likeness (QED) is 0.590. The van der Waals surface area contributed by atoms with Crippen molar-refractivity contribution in [3.63, 3.8) is 0 Å². The molecule has 2 aliphatic heterocycles. The molecule has 1 aromatic rings. The monoisotopic (exact) mass is 259 g/mol. The number of hydrogen-bond donors (Lipinski definition) is 4. The van der Waals surface area contributed by atoms with Gasteiger partial charge in [-0.05, 0) is 25.6 Å². The van der Waals surface area contributed by atoms with Crippen LogP contribution in [-0.2, 0) is 4.79 Å². The van der Waals surface area contributed by atoms with E-state index in [2.05, 4.69) is 21.4 Å². The van der Waals surface area contributed by atoms with Crippen LogP contribution < -0.4 is 26.4 Å². The Morgan fingerprint density at radius 2 is 2.11 bits per heavy atom. The molecule has 2 atom stereocenters. The summed E-state index contributed by atoms with van der Waals surface area (Å²) in [6.45, 7) is 2.04. The lowest BCUT2D eigenvalue weighted by molar-refractivity contribution is -0.120. The van der Waals surface area contributed by atoms with Crippen molar-refractivity contribution in [3.05, 3.63) is 41.6 Å². The smallest absolute Gasteiger partial charge is 0.253 e. The fraction of sp³-hybridized carbons (Fsp3) is 0.308. The zero-order valence-corrected chi connectivity index (χ0v) is 10.9. The second-order valence-electron chi connectivity index (χ2n) is 4.66. The third-order valence-electron chi connectivity index (χ3n) is 3.38. The third-order valence-corrected chi connectivity index (χ3v) is 3.38. The first kappa shape index (κ1) is 12.2. The highest BCUT2D eigenvalue weighted by molar-refractivity contribution is 5.96. The van der Waals surface area contributed by atoms with Gasteiger partial charge >= 0.3 is 0 Å². The molecule has 2 heterocycles. The molecule has 1 fully saturated rings. The van der Waals surface area contributed by atoms with Crippen molar-refractivity contribution in [1.82, 2.24) is 21.4 Å². The number of hydrogen-bond acceptors (Lipinski definition) is 5. The van der Waals surface area contributed by atoms with Crippen LogP contribution in [0.5, 0.6) is 0 Å². The molecule has 2 unspecified atom stereocenters. The number of nitrogens with zero attached hydrogens (tertiary/aromatic N) is 1. The van der Waals surface area contributed by atoms with Gasteiger partial charge in [0.25, 0.3) is 5.91 Å². The Hall–Kier alpha value is -1.89. The summed E-state index contributed by atoms with van der Waals surface area (Å²) in [5, 5.41) is 11.0. The second kappa shape index (κ2) is 4.65. The van der Waals surface area contributed by atoms with Crippen molar-refractivity contribution in [1.29, 1.82) is 0 Å². The van der Waals surface area contributed by atoms with E-state index in [1.54, 1.807) is 7.05 Å². The topological polar surface area (TPSA) is 68.4 Å². The van der Waals surface area contributed by atoms with Crippen molar-refractivity contribution in [2.24, 2.45) is 0 Å². The number of fused-ring (bicyclic) bond motifs is 1. The maximum atomic E-state index is 12.0. The summed E-state index contributed by atoms with van der Waals surface area (Å²) in [7, 11) is 1.79. The van der Waals surface area contributed by atoms with E-state index in [0.29, 0.717) is 5.57 Å². The van der Waals surface area contributed by atoms with Crippen LogP contribution in [0.15, 0.2) is 36.0 Å². The average Bonchev–Trinajstić information content (AvgIpc) is 2.83. The Morgan fingerprint density at radius 3 is 2.84 bits per heavy atom. The molecular weight excluding hydrogens is 242 g/mol. The van der Waals surface area contributed by atoms with Gasteiger partial charge in [-0.2, -0.15) is 0 Å². The molecule has 1 saturated heterocycles. The Bertz CT molecular complexity index is 542. The number of para-hydroxylation sites is 1. The van der Waals surface area contributed by atoms with Crippen molar-refractivity contribution >= 4 is 11.6 Å². The van der Waals surface area contributed by atoms with Crippen molar-refractivity contribution in [3.8, 4) is 0 Å². The van der Waals surface area contributed by atoms with Gasteiger partial charge in [-0.1, -0.05) is 18.2 Å². The first-order valence-corrected chi connectivity index (χ1v) is 6.26. The van der Waals surface area contributed by atoms with E-state index in [1.165, 1.54) is 0 Å². The number of carbonyl (C=O) groups excluding carboxylic acids is 1. The molecule has 6 nitrogen and oxygen atoms in total. The molecule has 0 radical (unpaired) electrons. The predicted molar refractivity (Wildman–Crippen MR) is 72.8 cm³/mol. The van der Waals surface area contributed by atoms with E-state index in [1.807, 2.05) is 42.4 Å². The summed E-state index contributed by atoms with van der Waals surface area (Å²) in [6.07, 6.45) is 1.44. The van der Waals surface area contributed by atoms with Crippen LogP contribution in [0.25, 0.3) is 0 Å². The SMILES string of the molecule is CNC1NC(=O)C2=CN(c3ccccc3C)NC2N1. The largest absolute Gasteiger partial charge is 0.324 e. The van der Waals surface area contributed by atoms with Crippen molar-refractivity contribution < 1.29 is 4.79 Å². The highest BCUT2D eigenvalue weighted by Gasteiger charge is 2.35. The van der Waals surface area contributed by atoms with Gasteiger partial charge in [0.15, 0.2) is 0 Å². The summed E-state index contributed by atoms with van der Waals surface area (Å²) >= 11 is 0. The second-order valence-corrected chi connectivity index (χ2v) is 4.66. The molecule has 0 bridgehead atoms. The minimum Gasteiger partial charge on any atom is -0.324 e. The van der Waals surface area contributed by atoms with Crippen LogP contribution in [0.4, 0.5) is 5.69 Å². The van der Waals surface area contributed by atoms with Gasteiger partial charge in [0.05, 0.1) is 11.3 Å². The number of carbonyl (C=O) groups is 1. The Kier molecular flexibility index (Phi) is 2.98. The molecule has 0 aliphatic carbocycles. The van der Waals surface area contributed by atoms with E-state index in [0.717, 1.165) is 11.3 Å². The minimum atomic E-state index is -0.223. The Balaban J connectivity index is 1.87. The normalized spacial score (nSPS) is 25.9. The van der Waals surface area contributed by atoms with Gasteiger partial charge in [-0.25, -0.2) is 5.43 Å². The van der Waals surface area contributed by atoms with Crippen LogP contribution in [0, 0.1) is 6.92 Å². The molecule has 1 aromatic carbocycles. The molecule has 1 amide bonds. The summed E-state index contributed by atoms with van der Waals surface area (Å²) in [5.41, 5.74) is 6.15. The number of benzene rings is 1. The number of anilines is 1. The zero-order valence-electron chi connectivity index (χ0n) is 10.9. The molecule has 100 valence electrons. The molecule has 0 aromatic heterocycles. The van der Waals surface area contributed by atoms with Crippen molar-refractivity contribution in [2.75, 3.05) is 12.1 Å². The van der Waals surface area contributed by atoms with Crippen LogP contribution >= 0.6 is 0 Å². The highest BCUT2D eigenvalue weighted by atomic mass is 16.2. The predicted octanol–water partition coefficient (Wildman–Crippen LogP) is -0.248. The number of nitrogens with one attached hydrogen (secondary N) is 4. The van der Waals surface area contributed by atoms with Crippen LogP contribution in [0.1, 0.15) is 5.56 Å². The van der Waals surface area contributed by atoms with Gasteiger partial charge in [0, 0.05) is 6.20 Å². The number of rotatable bonds is 2. The van der Waals surface area contributed by atoms with E-state index < -0.39 is 0 Å². The molecule has 19 heavy (non-hydrogen) atoms. The molecule has 0 spiro atoms. The summed E-state index contributed by atoms with van der Waals surface area (Å²) in [4.78, 5) is 12.0. The maximum absolute atomic E-state index is 12.0. The van der Waals surface area contributed by atoms with Gasteiger partial charge in [0.2, 0.25) is 0 Å². The molecule has 6 heteroatoms. The van der Waals surface area contributed by atoms with Gasteiger partial charge in [-0.3, -0.25) is 20.4 Å². The van der Waals surface area contributed by atoms with Crippen LogP contribution in [-0.4, -0.2) is 25.4 Å². The minimum absolute atomic E-state index is 0.0633.